The molecule has 1 amide bonds. The molecular formula is C17H29NO3. The number of carboxylic acids is 1. The molecular weight excluding hydrogens is 266 g/mol. The van der Waals surface area contributed by atoms with Crippen molar-refractivity contribution < 1.29 is 14.7 Å². The zero-order valence-electron chi connectivity index (χ0n) is 13.4. The van der Waals surface area contributed by atoms with Crippen molar-refractivity contribution in [1.29, 1.82) is 0 Å². The van der Waals surface area contributed by atoms with Gasteiger partial charge in [0.05, 0.1) is 6.42 Å². The van der Waals surface area contributed by atoms with Gasteiger partial charge in [0.1, 0.15) is 0 Å². The minimum atomic E-state index is -0.775. The average Bonchev–Trinajstić information content (AvgIpc) is 2.74. The van der Waals surface area contributed by atoms with Gasteiger partial charge in [0.25, 0.3) is 0 Å². The molecule has 2 aliphatic rings. The van der Waals surface area contributed by atoms with Crippen LogP contribution in [0.25, 0.3) is 0 Å². The molecule has 1 unspecified atom stereocenters. The fourth-order valence-corrected chi connectivity index (χ4v) is 4.30. The lowest BCUT2D eigenvalue weighted by Gasteiger charge is -2.36. The van der Waals surface area contributed by atoms with Gasteiger partial charge in [0, 0.05) is 12.5 Å². The maximum atomic E-state index is 12.4. The zero-order valence-corrected chi connectivity index (χ0v) is 13.4. The van der Waals surface area contributed by atoms with E-state index in [0.717, 1.165) is 44.9 Å². The summed E-state index contributed by atoms with van der Waals surface area (Å²) >= 11 is 0. The van der Waals surface area contributed by atoms with Crippen LogP contribution in [0.1, 0.15) is 78.1 Å². The second kappa shape index (κ2) is 6.37. The summed E-state index contributed by atoms with van der Waals surface area (Å²) in [6.07, 6.45) is 8.86. The topological polar surface area (TPSA) is 66.4 Å². The van der Waals surface area contributed by atoms with Crippen LogP contribution in [0.5, 0.6) is 0 Å². The number of carbonyl (C=O) groups excluding carboxylic acids is 1. The Morgan fingerprint density at radius 2 is 1.76 bits per heavy atom. The van der Waals surface area contributed by atoms with Crippen LogP contribution in [-0.4, -0.2) is 23.0 Å². The molecule has 0 radical (unpaired) electrons. The van der Waals surface area contributed by atoms with E-state index in [4.69, 9.17) is 5.11 Å². The lowest BCUT2D eigenvalue weighted by Crippen LogP contribution is -2.42. The smallest absolute Gasteiger partial charge is 0.303 e. The van der Waals surface area contributed by atoms with Gasteiger partial charge in [-0.05, 0) is 42.9 Å². The Hall–Kier alpha value is -1.06. The third-order valence-electron chi connectivity index (χ3n) is 5.30. The Labute approximate surface area is 127 Å². The van der Waals surface area contributed by atoms with E-state index in [1.165, 1.54) is 6.42 Å². The molecule has 0 bridgehead atoms. The quantitative estimate of drug-likeness (QED) is 0.816. The first-order valence-corrected chi connectivity index (χ1v) is 8.32. The second-order valence-corrected chi connectivity index (χ2v) is 7.98. The molecule has 0 aromatic heterocycles. The van der Waals surface area contributed by atoms with E-state index in [-0.39, 0.29) is 23.8 Å². The molecule has 0 spiro atoms. The first kappa shape index (κ1) is 16.3. The van der Waals surface area contributed by atoms with E-state index in [1.54, 1.807) is 0 Å². The monoisotopic (exact) mass is 295 g/mol. The van der Waals surface area contributed by atoms with E-state index < -0.39 is 5.97 Å². The van der Waals surface area contributed by atoms with Gasteiger partial charge in [-0.25, -0.2) is 0 Å². The van der Waals surface area contributed by atoms with Crippen molar-refractivity contribution in [3.05, 3.63) is 0 Å². The van der Waals surface area contributed by atoms with E-state index in [1.807, 2.05) is 0 Å². The van der Waals surface area contributed by atoms with Crippen molar-refractivity contribution in [2.45, 2.75) is 84.1 Å². The van der Waals surface area contributed by atoms with Gasteiger partial charge in [-0.15, -0.1) is 0 Å². The summed E-state index contributed by atoms with van der Waals surface area (Å²) in [5.41, 5.74) is 0.0163. The van der Waals surface area contributed by atoms with Gasteiger partial charge in [0.2, 0.25) is 5.91 Å². The molecule has 2 rings (SSSR count). The van der Waals surface area contributed by atoms with Crippen LogP contribution in [0, 0.1) is 10.8 Å². The Balaban J connectivity index is 1.89. The number of rotatable bonds is 5. The third-order valence-corrected chi connectivity index (χ3v) is 5.30. The van der Waals surface area contributed by atoms with Crippen LogP contribution in [0.3, 0.4) is 0 Å². The van der Waals surface area contributed by atoms with Crippen molar-refractivity contribution in [3.63, 3.8) is 0 Å². The highest BCUT2D eigenvalue weighted by Gasteiger charge is 2.38. The van der Waals surface area contributed by atoms with Crippen LogP contribution < -0.4 is 5.32 Å². The molecule has 4 nitrogen and oxygen atoms in total. The van der Waals surface area contributed by atoms with Crippen molar-refractivity contribution >= 4 is 11.9 Å². The van der Waals surface area contributed by atoms with E-state index in [2.05, 4.69) is 19.2 Å². The van der Waals surface area contributed by atoms with E-state index >= 15 is 0 Å². The number of amides is 1. The van der Waals surface area contributed by atoms with E-state index in [0.29, 0.717) is 11.8 Å². The number of hydrogen-bond acceptors (Lipinski definition) is 2. The SMILES string of the molecule is CC1(C)CCCC(NC(=O)CC2(CC(=O)O)CCCC2)C1. The molecule has 2 aliphatic carbocycles. The lowest BCUT2D eigenvalue weighted by atomic mass is 9.75. The number of hydrogen-bond donors (Lipinski definition) is 2. The summed E-state index contributed by atoms with van der Waals surface area (Å²) in [6.45, 7) is 4.52. The summed E-state index contributed by atoms with van der Waals surface area (Å²) < 4.78 is 0. The van der Waals surface area contributed by atoms with E-state index in [9.17, 15) is 9.59 Å². The summed E-state index contributed by atoms with van der Waals surface area (Å²) in [4.78, 5) is 23.4. The van der Waals surface area contributed by atoms with Crippen molar-refractivity contribution in [2.75, 3.05) is 0 Å². The predicted molar refractivity (Wildman–Crippen MR) is 82.0 cm³/mol. The lowest BCUT2D eigenvalue weighted by molar-refractivity contribution is -0.140. The molecule has 120 valence electrons. The Morgan fingerprint density at radius 1 is 1.10 bits per heavy atom. The Morgan fingerprint density at radius 3 is 2.33 bits per heavy atom. The molecule has 2 saturated carbocycles. The van der Waals surface area contributed by atoms with Crippen molar-refractivity contribution in [1.82, 2.24) is 5.32 Å². The molecule has 0 aromatic carbocycles. The highest BCUT2D eigenvalue weighted by atomic mass is 16.4. The summed E-state index contributed by atoms with van der Waals surface area (Å²) in [5, 5.41) is 12.3. The maximum Gasteiger partial charge on any atom is 0.303 e. The molecule has 0 saturated heterocycles. The molecule has 2 N–H and O–H groups in total. The molecule has 1 atom stereocenters. The number of carboxylic acid groups (broad SMARTS) is 1. The average molecular weight is 295 g/mol. The van der Waals surface area contributed by atoms with Crippen LogP contribution in [0.4, 0.5) is 0 Å². The van der Waals surface area contributed by atoms with Crippen LogP contribution >= 0.6 is 0 Å². The summed E-state index contributed by atoms with van der Waals surface area (Å²) in [5.74, 6) is -0.718. The minimum absolute atomic E-state index is 0.0563. The Kier molecular flexibility index (Phi) is 4.95. The van der Waals surface area contributed by atoms with Crippen molar-refractivity contribution in [2.24, 2.45) is 10.8 Å². The number of nitrogens with one attached hydrogen (secondary N) is 1. The van der Waals surface area contributed by atoms with Gasteiger partial charge in [-0.3, -0.25) is 9.59 Å². The molecule has 4 heteroatoms. The highest BCUT2D eigenvalue weighted by Crippen LogP contribution is 2.44. The third kappa shape index (κ3) is 4.72. The van der Waals surface area contributed by atoms with Gasteiger partial charge < -0.3 is 10.4 Å². The normalized spacial score (nSPS) is 27.2. The maximum absolute atomic E-state index is 12.4. The molecule has 2 fully saturated rings. The fraction of sp³-hybridized carbons (Fsp3) is 0.882. The molecule has 0 aromatic rings. The van der Waals surface area contributed by atoms with Gasteiger partial charge >= 0.3 is 5.97 Å². The first-order chi connectivity index (χ1) is 9.80. The van der Waals surface area contributed by atoms with Crippen LogP contribution in [0.2, 0.25) is 0 Å². The standard InChI is InChI=1S/C17H29NO3/c1-16(2)7-5-6-13(10-16)18-14(19)11-17(12-15(20)21)8-3-4-9-17/h13H,3-12H2,1-2H3,(H,18,19)(H,20,21). The van der Waals surface area contributed by atoms with Gasteiger partial charge in [-0.2, -0.15) is 0 Å². The second-order valence-electron chi connectivity index (χ2n) is 7.98. The largest absolute Gasteiger partial charge is 0.481 e. The first-order valence-electron chi connectivity index (χ1n) is 8.32. The molecule has 0 aliphatic heterocycles. The van der Waals surface area contributed by atoms with Crippen molar-refractivity contribution in [3.8, 4) is 0 Å². The fourth-order valence-electron chi connectivity index (χ4n) is 4.30. The highest BCUT2D eigenvalue weighted by molar-refractivity contribution is 5.78. The summed E-state index contributed by atoms with van der Waals surface area (Å²) in [6, 6.07) is 0.268. The number of aliphatic carboxylic acids is 1. The molecule has 21 heavy (non-hydrogen) atoms. The Bertz CT molecular complexity index is 397. The summed E-state index contributed by atoms with van der Waals surface area (Å²) in [7, 11) is 0. The minimum Gasteiger partial charge on any atom is -0.481 e. The van der Waals surface area contributed by atoms with Crippen LogP contribution in [-0.2, 0) is 9.59 Å². The number of carbonyl (C=O) groups is 2. The zero-order chi connectivity index (χ0) is 15.5. The van der Waals surface area contributed by atoms with Gasteiger partial charge in [0.15, 0.2) is 0 Å². The van der Waals surface area contributed by atoms with Gasteiger partial charge in [-0.1, -0.05) is 33.1 Å². The van der Waals surface area contributed by atoms with Crippen LogP contribution in [0.15, 0.2) is 0 Å². The predicted octanol–water partition coefficient (Wildman–Crippen LogP) is 3.50. The molecule has 0 heterocycles.